The fourth-order valence-electron chi connectivity index (χ4n) is 1.23. The molecule has 0 radical (unpaired) electrons. The maximum atomic E-state index is 13.0. The molecule has 4 nitrogen and oxygen atoms in total. The standard InChI is InChI=1S/C9H8FN3O/c10-6-3-1-2-5(9(6)14)8-7(11)4-12-13-8/h1-4,14H,11H2,(H,12,13). The molecule has 4 N–H and O–H groups in total. The van der Waals surface area contributed by atoms with Gasteiger partial charge in [-0.3, -0.25) is 5.10 Å². The van der Waals surface area contributed by atoms with E-state index in [9.17, 15) is 9.50 Å². The van der Waals surface area contributed by atoms with Crippen molar-refractivity contribution in [3.05, 3.63) is 30.2 Å². The highest BCUT2D eigenvalue weighted by atomic mass is 19.1. The Balaban J connectivity index is 2.63. The summed E-state index contributed by atoms with van der Waals surface area (Å²) in [5.41, 5.74) is 6.65. The second kappa shape index (κ2) is 3.02. The van der Waals surface area contributed by atoms with Crippen LogP contribution in [-0.2, 0) is 0 Å². The summed E-state index contributed by atoms with van der Waals surface area (Å²) in [6.45, 7) is 0. The number of nitrogens with two attached hydrogens (primary N) is 1. The highest BCUT2D eigenvalue weighted by molar-refractivity contribution is 5.76. The second-order valence-corrected chi connectivity index (χ2v) is 2.84. The third kappa shape index (κ3) is 1.19. The number of nitrogens with zero attached hydrogens (tertiary/aromatic N) is 1. The van der Waals surface area contributed by atoms with Crippen molar-refractivity contribution in [1.29, 1.82) is 0 Å². The van der Waals surface area contributed by atoms with Crippen molar-refractivity contribution in [2.24, 2.45) is 0 Å². The number of hydrogen-bond acceptors (Lipinski definition) is 3. The highest BCUT2D eigenvalue weighted by Gasteiger charge is 2.12. The van der Waals surface area contributed by atoms with Gasteiger partial charge in [-0.15, -0.1) is 0 Å². The lowest BCUT2D eigenvalue weighted by Crippen LogP contribution is -1.88. The average molecular weight is 193 g/mol. The third-order valence-electron chi connectivity index (χ3n) is 1.92. The van der Waals surface area contributed by atoms with Crippen LogP contribution >= 0.6 is 0 Å². The van der Waals surface area contributed by atoms with Gasteiger partial charge in [0.2, 0.25) is 0 Å². The van der Waals surface area contributed by atoms with Crippen LogP contribution in [0.5, 0.6) is 5.75 Å². The second-order valence-electron chi connectivity index (χ2n) is 2.84. The van der Waals surface area contributed by atoms with Crippen molar-refractivity contribution in [2.75, 3.05) is 5.73 Å². The molecule has 5 heteroatoms. The summed E-state index contributed by atoms with van der Waals surface area (Å²) in [4.78, 5) is 0. The van der Waals surface area contributed by atoms with E-state index in [0.717, 1.165) is 0 Å². The largest absolute Gasteiger partial charge is 0.504 e. The summed E-state index contributed by atoms with van der Waals surface area (Å²) in [6.07, 6.45) is 1.40. The molecule has 2 rings (SSSR count). The zero-order chi connectivity index (χ0) is 10.1. The van der Waals surface area contributed by atoms with E-state index in [1.54, 1.807) is 6.07 Å². The first-order valence-corrected chi connectivity index (χ1v) is 3.97. The first-order chi connectivity index (χ1) is 6.70. The van der Waals surface area contributed by atoms with E-state index in [2.05, 4.69) is 10.2 Å². The Morgan fingerprint density at radius 1 is 1.43 bits per heavy atom. The van der Waals surface area contributed by atoms with Crippen molar-refractivity contribution < 1.29 is 9.50 Å². The van der Waals surface area contributed by atoms with Gasteiger partial charge in [0, 0.05) is 5.56 Å². The van der Waals surface area contributed by atoms with Crippen molar-refractivity contribution in [3.63, 3.8) is 0 Å². The smallest absolute Gasteiger partial charge is 0.165 e. The average Bonchev–Trinajstić information content (AvgIpc) is 2.57. The molecule has 1 aromatic carbocycles. The van der Waals surface area contributed by atoms with E-state index in [0.29, 0.717) is 16.9 Å². The Labute approximate surface area is 79.2 Å². The van der Waals surface area contributed by atoms with Crippen molar-refractivity contribution in [3.8, 4) is 17.0 Å². The normalized spacial score (nSPS) is 10.4. The molecule has 0 aliphatic heterocycles. The Morgan fingerprint density at radius 3 is 2.86 bits per heavy atom. The predicted molar refractivity (Wildman–Crippen MR) is 50.1 cm³/mol. The molecule has 0 fully saturated rings. The van der Waals surface area contributed by atoms with Gasteiger partial charge in [-0.1, -0.05) is 6.07 Å². The number of nitrogens with one attached hydrogen (secondary N) is 1. The van der Waals surface area contributed by atoms with Crippen LogP contribution in [0.1, 0.15) is 0 Å². The summed E-state index contributed by atoms with van der Waals surface area (Å²) in [5, 5.41) is 15.7. The Hall–Kier alpha value is -2.04. The van der Waals surface area contributed by atoms with Gasteiger partial charge in [-0.05, 0) is 12.1 Å². The van der Waals surface area contributed by atoms with E-state index in [-0.39, 0.29) is 0 Å². The molecule has 0 bridgehead atoms. The number of phenols is 1. The molecule has 72 valence electrons. The van der Waals surface area contributed by atoms with Crippen LogP contribution in [0.25, 0.3) is 11.3 Å². The summed E-state index contributed by atoms with van der Waals surface area (Å²) in [6, 6.07) is 4.22. The quantitative estimate of drug-likeness (QED) is 0.642. The minimum Gasteiger partial charge on any atom is -0.504 e. The van der Waals surface area contributed by atoms with Crippen LogP contribution in [0, 0.1) is 5.82 Å². The molecule has 2 aromatic rings. The van der Waals surface area contributed by atoms with E-state index in [1.807, 2.05) is 0 Å². The topological polar surface area (TPSA) is 74.9 Å². The zero-order valence-corrected chi connectivity index (χ0v) is 7.16. The van der Waals surface area contributed by atoms with Crippen LogP contribution in [0.2, 0.25) is 0 Å². The van der Waals surface area contributed by atoms with E-state index >= 15 is 0 Å². The molecule has 0 saturated heterocycles. The molecule has 1 aromatic heterocycles. The molecule has 0 aliphatic rings. The number of aromatic amines is 1. The number of nitrogen functional groups attached to an aromatic ring is 1. The van der Waals surface area contributed by atoms with E-state index in [4.69, 9.17) is 5.73 Å². The maximum Gasteiger partial charge on any atom is 0.165 e. The van der Waals surface area contributed by atoms with Gasteiger partial charge in [0.25, 0.3) is 0 Å². The summed E-state index contributed by atoms with van der Waals surface area (Å²) < 4.78 is 13.0. The number of rotatable bonds is 1. The molecule has 0 atom stereocenters. The Bertz CT molecular complexity index is 467. The van der Waals surface area contributed by atoms with Crippen molar-refractivity contribution in [2.45, 2.75) is 0 Å². The summed E-state index contributed by atoms with van der Waals surface area (Å²) >= 11 is 0. The number of aromatic nitrogens is 2. The first kappa shape index (κ1) is 8.55. The Morgan fingerprint density at radius 2 is 2.21 bits per heavy atom. The Kier molecular flexibility index (Phi) is 1.85. The molecule has 0 saturated carbocycles. The number of anilines is 1. The molecule has 0 aliphatic carbocycles. The van der Waals surface area contributed by atoms with Gasteiger partial charge in [0.05, 0.1) is 17.6 Å². The summed E-state index contributed by atoms with van der Waals surface area (Å²) in [5.74, 6) is -1.11. The third-order valence-corrected chi connectivity index (χ3v) is 1.92. The lowest BCUT2D eigenvalue weighted by Gasteiger charge is -2.03. The van der Waals surface area contributed by atoms with Gasteiger partial charge in [-0.2, -0.15) is 5.10 Å². The molecule has 0 unspecified atom stereocenters. The van der Waals surface area contributed by atoms with Crippen LogP contribution in [0.4, 0.5) is 10.1 Å². The number of phenolic OH excluding ortho intramolecular Hbond substituents is 1. The van der Waals surface area contributed by atoms with Crippen LogP contribution in [-0.4, -0.2) is 15.3 Å². The van der Waals surface area contributed by atoms with Crippen molar-refractivity contribution in [1.82, 2.24) is 10.2 Å². The van der Waals surface area contributed by atoms with Crippen LogP contribution in [0.15, 0.2) is 24.4 Å². The van der Waals surface area contributed by atoms with Gasteiger partial charge in [0.15, 0.2) is 11.6 Å². The lowest BCUT2D eigenvalue weighted by molar-refractivity contribution is 0.434. The lowest BCUT2D eigenvalue weighted by atomic mass is 10.1. The molecule has 1 heterocycles. The fourth-order valence-corrected chi connectivity index (χ4v) is 1.23. The van der Waals surface area contributed by atoms with Gasteiger partial charge in [0.1, 0.15) is 0 Å². The van der Waals surface area contributed by atoms with Crippen LogP contribution in [0.3, 0.4) is 0 Å². The number of H-pyrrole nitrogens is 1. The van der Waals surface area contributed by atoms with E-state index in [1.165, 1.54) is 18.3 Å². The maximum absolute atomic E-state index is 13.0. The number of halogens is 1. The number of benzene rings is 1. The van der Waals surface area contributed by atoms with Crippen LogP contribution < -0.4 is 5.73 Å². The number of hydrogen-bond donors (Lipinski definition) is 3. The minimum absolute atomic E-state index is 0.306. The molecule has 0 amide bonds. The minimum atomic E-state index is -0.684. The van der Waals surface area contributed by atoms with Crippen molar-refractivity contribution >= 4 is 5.69 Å². The zero-order valence-electron chi connectivity index (χ0n) is 7.16. The molecule has 0 spiro atoms. The summed E-state index contributed by atoms with van der Waals surface area (Å²) in [7, 11) is 0. The molecular weight excluding hydrogens is 185 g/mol. The monoisotopic (exact) mass is 193 g/mol. The predicted octanol–water partition coefficient (Wildman–Crippen LogP) is 1.50. The first-order valence-electron chi connectivity index (χ1n) is 3.97. The number of para-hydroxylation sites is 1. The molecule has 14 heavy (non-hydrogen) atoms. The fraction of sp³-hybridized carbons (Fsp3) is 0. The van der Waals surface area contributed by atoms with Gasteiger partial charge >= 0.3 is 0 Å². The highest BCUT2D eigenvalue weighted by Crippen LogP contribution is 2.32. The van der Waals surface area contributed by atoms with E-state index < -0.39 is 11.6 Å². The molecular formula is C9H8FN3O. The van der Waals surface area contributed by atoms with Gasteiger partial charge < -0.3 is 10.8 Å². The van der Waals surface area contributed by atoms with Gasteiger partial charge in [-0.25, -0.2) is 4.39 Å². The SMILES string of the molecule is Nc1cn[nH]c1-c1cccc(F)c1O. The number of aromatic hydroxyl groups is 1.